The molecular weight excluding hydrogens is 462 g/mol. The molecule has 0 unspecified atom stereocenters. The molecule has 1 fully saturated rings. The number of carbonyl (C=O) groups excluding carboxylic acids is 2. The number of sulfonamides is 1. The van der Waals surface area contributed by atoms with Crippen LogP contribution in [0, 0.1) is 0 Å². The molecule has 1 N–H and O–H groups in total. The SMILES string of the molecule is CCCCNC(=O)[C@@H](C)N(Cc1ccccc1)C(=O)CCc1ccc(S(=O)(=O)N2CCCC2)cc1. The van der Waals surface area contributed by atoms with Gasteiger partial charge >= 0.3 is 0 Å². The Hall–Kier alpha value is -2.71. The second-order valence-corrected chi connectivity index (χ2v) is 11.0. The van der Waals surface area contributed by atoms with Crippen LogP contribution in [0.25, 0.3) is 0 Å². The first-order valence-corrected chi connectivity index (χ1v) is 14.0. The summed E-state index contributed by atoms with van der Waals surface area (Å²) < 4.78 is 27.0. The molecule has 2 aromatic carbocycles. The summed E-state index contributed by atoms with van der Waals surface area (Å²) in [5, 5.41) is 2.93. The first-order valence-electron chi connectivity index (χ1n) is 12.5. The van der Waals surface area contributed by atoms with Crippen LogP contribution in [0.1, 0.15) is 57.1 Å². The van der Waals surface area contributed by atoms with Crippen molar-refractivity contribution < 1.29 is 18.0 Å². The lowest BCUT2D eigenvalue weighted by Gasteiger charge is -2.29. The fraction of sp³-hybridized carbons (Fsp3) is 0.481. The highest BCUT2D eigenvalue weighted by molar-refractivity contribution is 7.89. The molecule has 0 aliphatic carbocycles. The summed E-state index contributed by atoms with van der Waals surface area (Å²) >= 11 is 0. The summed E-state index contributed by atoms with van der Waals surface area (Å²) in [5.74, 6) is -0.264. The number of amides is 2. The Balaban J connectivity index is 1.65. The maximum atomic E-state index is 13.2. The van der Waals surface area contributed by atoms with Gasteiger partial charge in [0.05, 0.1) is 4.90 Å². The molecule has 2 amide bonds. The van der Waals surface area contributed by atoms with Crippen molar-refractivity contribution in [1.29, 1.82) is 0 Å². The van der Waals surface area contributed by atoms with E-state index in [-0.39, 0.29) is 23.1 Å². The van der Waals surface area contributed by atoms with Gasteiger partial charge in [0.15, 0.2) is 0 Å². The van der Waals surface area contributed by atoms with E-state index < -0.39 is 16.1 Å². The van der Waals surface area contributed by atoms with Crippen molar-refractivity contribution in [2.24, 2.45) is 0 Å². The Kier molecular flexibility index (Phi) is 9.86. The summed E-state index contributed by atoms with van der Waals surface area (Å²) in [6.07, 6.45) is 4.38. The van der Waals surface area contributed by atoms with E-state index in [0.717, 1.165) is 36.8 Å². The minimum Gasteiger partial charge on any atom is -0.354 e. The number of aryl methyl sites for hydroxylation is 1. The molecule has 2 aromatic rings. The molecule has 35 heavy (non-hydrogen) atoms. The summed E-state index contributed by atoms with van der Waals surface area (Å²) in [5.41, 5.74) is 1.85. The van der Waals surface area contributed by atoms with E-state index in [1.165, 1.54) is 4.31 Å². The van der Waals surface area contributed by atoms with Gasteiger partial charge in [-0.15, -0.1) is 0 Å². The molecule has 8 heteroatoms. The Labute approximate surface area is 209 Å². The molecule has 0 spiro atoms. The molecule has 0 radical (unpaired) electrons. The summed E-state index contributed by atoms with van der Waals surface area (Å²) in [4.78, 5) is 27.9. The minimum atomic E-state index is -3.45. The van der Waals surface area contributed by atoms with Crippen LogP contribution < -0.4 is 5.32 Å². The zero-order valence-corrected chi connectivity index (χ0v) is 21.6. The van der Waals surface area contributed by atoms with Crippen LogP contribution in [0.15, 0.2) is 59.5 Å². The molecule has 1 aliphatic rings. The van der Waals surface area contributed by atoms with E-state index >= 15 is 0 Å². The number of benzene rings is 2. The molecular formula is C27H37N3O4S. The first kappa shape index (κ1) is 26.9. The number of rotatable bonds is 12. The van der Waals surface area contributed by atoms with E-state index in [9.17, 15) is 18.0 Å². The Morgan fingerprint density at radius 2 is 1.66 bits per heavy atom. The molecule has 0 bridgehead atoms. The predicted octanol–water partition coefficient (Wildman–Crippen LogP) is 3.74. The molecule has 0 aromatic heterocycles. The molecule has 7 nitrogen and oxygen atoms in total. The van der Waals surface area contributed by atoms with Crippen LogP contribution in [0.3, 0.4) is 0 Å². The quantitative estimate of drug-likeness (QED) is 0.451. The number of carbonyl (C=O) groups is 2. The third kappa shape index (κ3) is 7.39. The predicted molar refractivity (Wildman–Crippen MR) is 137 cm³/mol. The van der Waals surface area contributed by atoms with Crippen LogP contribution in [0.5, 0.6) is 0 Å². The maximum Gasteiger partial charge on any atom is 0.243 e. The molecule has 0 saturated carbocycles. The van der Waals surface area contributed by atoms with Gasteiger partial charge in [0.25, 0.3) is 0 Å². The van der Waals surface area contributed by atoms with Gasteiger partial charge in [0.2, 0.25) is 21.8 Å². The van der Waals surface area contributed by atoms with E-state index in [0.29, 0.717) is 32.6 Å². The van der Waals surface area contributed by atoms with Crippen LogP contribution >= 0.6 is 0 Å². The van der Waals surface area contributed by atoms with Gasteiger partial charge in [0, 0.05) is 32.6 Å². The van der Waals surface area contributed by atoms with Crippen molar-refractivity contribution in [3.63, 3.8) is 0 Å². The highest BCUT2D eigenvalue weighted by Crippen LogP contribution is 2.21. The van der Waals surface area contributed by atoms with Crippen LogP contribution in [0.4, 0.5) is 0 Å². The van der Waals surface area contributed by atoms with E-state index in [1.54, 1.807) is 36.1 Å². The van der Waals surface area contributed by atoms with E-state index in [4.69, 9.17) is 0 Å². The smallest absolute Gasteiger partial charge is 0.243 e. The summed E-state index contributed by atoms with van der Waals surface area (Å²) in [7, 11) is -3.45. The van der Waals surface area contributed by atoms with Gasteiger partial charge in [-0.2, -0.15) is 4.31 Å². The van der Waals surface area contributed by atoms with Gasteiger partial charge in [-0.05, 0) is 55.9 Å². The first-order chi connectivity index (χ1) is 16.8. The lowest BCUT2D eigenvalue weighted by Crippen LogP contribution is -2.47. The molecule has 190 valence electrons. The molecule has 1 atom stereocenters. The largest absolute Gasteiger partial charge is 0.354 e. The topological polar surface area (TPSA) is 86.8 Å². The van der Waals surface area contributed by atoms with Gasteiger partial charge in [-0.3, -0.25) is 9.59 Å². The van der Waals surface area contributed by atoms with Gasteiger partial charge in [-0.25, -0.2) is 8.42 Å². The van der Waals surface area contributed by atoms with Crippen molar-refractivity contribution in [3.8, 4) is 0 Å². The zero-order valence-electron chi connectivity index (χ0n) is 20.8. The van der Waals surface area contributed by atoms with Crippen molar-refractivity contribution in [1.82, 2.24) is 14.5 Å². The second-order valence-electron chi connectivity index (χ2n) is 9.08. The van der Waals surface area contributed by atoms with E-state index in [2.05, 4.69) is 12.2 Å². The number of nitrogens with zero attached hydrogens (tertiary/aromatic N) is 2. The van der Waals surface area contributed by atoms with Crippen molar-refractivity contribution >= 4 is 21.8 Å². The van der Waals surface area contributed by atoms with Gasteiger partial charge in [-0.1, -0.05) is 55.8 Å². The van der Waals surface area contributed by atoms with Crippen molar-refractivity contribution in [2.75, 3.05) is 19.6 Å². The highest BCUT2D eigenvalue weighted by atomic mass is 32.2. The lowest BCUT2D eigenvalue weighted by molar-refractivity contribution is -0.140. The van der Waals surface area contributed by atoms with Crippen molar-refractivity contribution in [3.05, 3.63) is 65.7 Å². The maximum absolute atomic E-state index is 13.2. The fourth-order valence-electron chi connectivity index (χ4n) is 4.20. The summed E-state index contributed by atoms with van der Waals surface area (Å²) in [6, 6.07) is 15.9. The number of nitrogens with one attached hydrogen (secondary N) is 1. The van der Waals surface area contributed by atoms with Gasteiger partial charge < -0.3 is 10.2 Å². The molecule has 1 aliphatic heterocycles. The monoisotopic (exact) mass is 499 g/mol. The van der Waals surface area contributed by atoms with Crippen molar-refractivity contribution in [2.45, 2.75) is 69.9 Å². The normalized spacial score (nSPS) is 15.0. The Bertz CT molecular complexity index is 1070. The fourth-order valence-corrected chi connectivity index (χ4v) is 5.72. The number of hydrogen-bond donors (Lipinski definition) is 1. The minimum absolute atomic E-state index is 0.110. The van der Waals surface area contributed by atoms with Crippen LogP contribution in [-0.4, -0.2) is 55.1 Å². The highest BCUT2D eigenvalue weighted by Gasteiger charge is 2.28. The zero-order chi connectivity index (χ0) is 25.3. The van der Waals surface area contributed by atoms with Gasteiger partial charge in [0.1, 0.15) is 6.04 Å². The lowest BCUT2D eigenvalue weighted by atomic mass is 10.1. The molecule has 1 saturated heterocycles. The average molecular weight is 500 g/mol. The van der Waals surface area contributed by atoms with E-state index in [1.807, 2.05) is 30.3 Å². The third-order valence-corrected chi connectivity index (χ3v) is 8.36. The number of unbranched alkanes of at least 4 members (excludes halogenated alkanes) is 1. The second kappa shape index (κ2) is 12.8. The van der Waals surface area contributed by atoms with Crippen LogP contribution in [-0.2, 0) is 32.6 Å². The average Bonchev–Trinajstić information content (AvgIpc) is 3.42. The summed E-state index contributed by atoms with van der Waals surface area (Å²) in [6.45, 7) is 5.92. The standard InChI is InChI=1S/C27H37N3O4S/c1-3-4-18-28-27(32)22(2)30(21-24-10-6-5-7-11-24)26(31)17-14-23-12-15-25(16-13-23)35(33,34)29-19-8-9-20-29/h5-7,10-13,15-16,22H,3-4,8-9,14,17-21H2,1-2H3,(H,28,32)/t22-/m1/s1. The number of hydrogen-bond acceptors (Lipinski definition) is 4. The van der Waals surface area contributed by atoms with Crippen LogP contribution in [0.2, 0.25) is 0 Å². The Morgan fingerprint density at radius 1 is 1.00 bits per heavy atom. The molecule has 3 rings (SSSR count). The third-order valence-electron chi connectivity index (χ3n) is 6.45. The Morgan fingerprint density at radius 3 is 2.29 bits per heavy atom. The molecule has 1 heterocycles.